The molecule has 4 heteroatoms. The van der Waals surface area contributed by atoms with Crippen LogP contribution in [0.4, 0.5) is 0 Å². The van der Waals surface area contributed by atoms with Crippen molar-refractivity contribution in [2.75, 3.05) is 20.3 Å². The minimum atomic E-state index is -0.0873. The smallest absolute Gasteiger partial charge is 0.251 e. The molecule has 1 heterocycles. The summed E-state index contributed by atoms with van der Waals surface area (Å²) in [5.41, 5.74) is 0.636. The number of benzene rings is 1. The van der Waals surface area contributed by atoms with Crippen LogP contribution in [0, 0.1) is 0 Å². The maximum atomic E-state index is 11.3. The van der Waals surface area contributed by atoms with Crippen LogP contribution in [0.5, 0.6) is 5.75 Å². The molecule has 1 N–H and O–H groups in total. The summed E-state index contributed by atoms with van der Waals surface area (Å²) >= 11 is 0. The van der Waals surface area contributed by atoms with E-state index in [2.05, 4.69) is 5.32 Å². The van der Waals surface area contributed by atoms with Gasteiger partial charge >= 0.3 is 0 Å². The summed E-state index contributed by atoms with van der Waals surface area (Å²) in [5.74, 6) is 0.684. The average Bonchev–Trinajstić information content (AvgIpc) is 2.89. The van der Waals surface area contributed by atoms with Gasteiger partial charge in [-0.2, -0.15) is 0 Å². The SMILES string of the molecule is CNC(=O)c1ccc(OCC2CCCO2)cc1. The molecule has 1 aromatic carbocycles. The first-order chi connectivity index (χ1) is 8.29. The highest BCUT2D eigenvalue weighted by Crippen LogP contribution is 2.16. The Kier molecular flexibility index (Phi) is 3.98. The number of carbonyl (C=O) groups excluding carboxylic acids is 1. The van der Waals surface area contributed by atoms with Crippen molar-refractivity contribution >= 4 is 5.91 Å². The fourth-order valence-corrected chi connectivity index (χ4v) is 1.81. The summed E-state index contributed by atoms with van der Waals surface area (Å²) in [5, 5.41) is 2.58. The second-order valence-corrected chi connectivity index (χ2v) is 4.05. The zero-order valence-electron chi connectivity index (χ0n) is 9.94. The Balaban J connectivity index is 1.87. The van der Waals surface area contributed by atoms with Crippen molar-refractivity contribution in [2.24, 2.45) is 0 Å². The van der Waals surface area contributed by atoms with Crippen LogP contribution < -0.4 is 10.1 Å². The van der Waals surface area contributed by atoms with E-state index in [1.807, 2.05) is 0 Å². The Bertz CT molecular complexity index is 369. The van der Waals surface area contributed by atoms with Crippen LogP contribution in [0.2, 0.25) is 0 Å². The third-order valence-corrected chi connectivity index (χ3v) is 2.80. The van der Waals surface area contributed by atoms with Crippen LogP contribution in [0.1, 0.15) is 23.2 Å². The molecule has 1 aliphatic rings. The van der Waals surface area contributed by atoms with E-state index >= 15 is 0 Å². The van der Waals surface area contributed by atoms with E-state index in [1.165, 1.54) is 0 Å². The lowest BCUT2D eigenvalue weighted by Crippen LogP contribution is -2.18. The predicted molar refractivity (Wildman–Crippen MR) is 64.3 cm³/mol. The van der Waals surface area contributed by atoms with Crippen LogP contribution in [-0.4, -0.2) is 32.3 Å². The minimum absolute atomic E-state index is 0.0873. The number of ether oxygens (including phenoxy) is 2. The summed E-state index contributed by atoms with van der Waals surface area (Å²) < 4.78 is 11.1. The summed E-state index contributed by atoms with van der Waals surface area (Å²) in [6.45, 7) is 1.42. The van der Waals surface area contributed by atoms with Gasteiger partial charge in [-0.05, 0) is 37.1 Å². The zero-order valence-corrected chi connectivity index (χ0v) is 9.94. The van der Waals surface area contributed by atoms with Gasteiger partial charge < -0.3 is 14.8 Å². The summed E-state index contributed by atoms with van der Waals surface area (Å²) in [6, 6.07) is 7.12. The van der Waals surface area contributed by atoms with E-state index in [0.717, 1.165) is 25.2 Å². The van der Waals surface area contributed by atoms with E-state index in [0.29, 0.717) is 12.2 Å². The zero-order chi connectivity index (χ0) is 12.1. The highest BCUT2D eigenvalue weighted by molar-refractivity contribution is 5.94. The normalized spacial score (nSPS) is 19.0. The lowest BCUT2D eigenvalue weighted by Gasteiger charge is -2.11. The first-order valence-electron chi connectivity index (χ1n) is 5.86. The van der Waals surface area contributed by atoms with Crippen molar-refractivity contribution in [3.63, 3.8) is 0 Å². The van der Waals surface area contributed by atoms with Gasteiger partial charge in [0, 0.05) is 19.2 Å². The first kappa shape index (κ1) is 11.9. The van der Waals surface area contributed by atoms with Gasteiger partial charge in [0.1, 0.15) is 12.4 Å². The molecule has 2 rings (SSSR count). The second-order valence-electron chi connectivity index (χ2n) is 4.05. The molecule has 0 aliphatic carbocycles. The van der Waals surface area contributed by atoms with Crippen LogP contribution in [0.25, 0.3) is 0 Å². The van der Waals surface area contributed by atoms with Gasteiger partial charge in [0.15, 0.2) is 0 Å². The Morgan fingerprint density at radius 2 is 2.24 bits per heavy atom. The number of hydrogen-bond acceptors (Lipinski definition) is 3. The Hall–Kier alpha value is -1.55. The van der Waals surface area contributed by atoms with Crippen molar-refractivity contribution in [1.29, 1.82) is 0 Å². The highest BCUT2D eigenvalue weighted by atomic mass is 16.5. The highest BCUT2D eigenvalue weighted by Gasteiger charge is 2.15. The van der Waals surface area contributed by atoms with Gasteiger partial charge in [-0.15, -0.1) is 0 Å². The van der Waals surface area contributed by atoms with Gasteiger partial charge in [0.2, 0.25) is 0 Å². The van der Waals surface area contributed by atoms with E-state index < -0.39 is 0 Å². The van der Waals surface area contributed by atoms with Crippen molar-refractivity contribution in [3.05, 3.63) is 29.8 Å². The molecular formula is C13H17NO3. The average molecular weight is 235 g/mol. The monoisotopic (exact) mass is 235 g/mol. The van der Waals surface area contributed by atoms with E-state index in [-0.39, 0.29) is 12.0 Å². The molecule has 1 aliphatic heterocycles. The summed E-state index contributed by atoms with van der Waals surface area (Å²) in [7, 11) is 1.62. The van der Waals surface area contributed by atoms with Gasteiger partial charge in [0.25, 0.3) is 5.91 Å². The lowest BCUT2D eigenvalue weighted by molar-refractivity contribution is 0.0679. The van der Waals surface area contributed by atoms with Crippen LogP contribution >= 0.6 is 0 Å². The van der Waals surface area contributed by atoms with Crippen molar-refractivity contribution in [2.45, 2.75) is 18.9 Å². The quantitative estimate of drug-likeness (QED) is 0.862. The molecule has 1 atom stereocenters. The third kappa shape index (κ3) is 3.20. The Morgan fingerprint density at radius 3 is 2.82 bits per heavy atom. The third-order valence-electron chi connectivity index (χ3n) is 2.80. The van der Waals surface area contributed by atoms with Crippen molar-refractivity contribution in [1.82, 2.24) is 5.32 Å². The van der Waals surface area contributed by atoms with Crippen LogP contribution in [0.15, 0.2) is 24.3 Å². The van der Waals surface area contributed by atoms with Crippen LogP contribution in [0.3, 0.4) is 0 Å². The van der Waals surface area contributed by atoms with E-state index in [9.17, 15) is 4.79 Å². The van der Waals surface area contributed by atoms with Gasteiger partial charge in [-0.3, -0.25) is 4.79 Å². The van der Waals surface area contributed by atoms with Crippen LogP contribution in [-0.2, 0) is 4.74 Å². The van der Waals surface area contributed by atoms with E-state index in [4.69, 9.17) is 9.47 Å². The molecule has 0 aromatic heterocycles. The molecule has 0 bridgehead atoms. The number of amides is 1. The summed E-state index contributed by atoms with van der Waals surface area (Å²) in [6.07, 6.45) is 2.40. The maximum absolute atomic E-state index is 11.3. The second kappa shape index (κ2) is 5.68. The van der Waals surface area contributed by atoms with Crippen molar-refractivity contribution in [3.8, 4) is 5.75 Å². The predicted octanol–water partition coefficient (Wildman–Crippen LogP) is 1.60. The topological polar surface area (TPSA) is 47.6 Å². The molecule has 1 saturated heterocycles. The van der Waals surface area contributed by atoms with E-state index in [1.54, 1.807) is 31.3 Å². The van der Waals surface area contributed by atoms with Crippen molar-refractivity contribution < 1.29 is 14.3 Å². The van der Waals surface area contributed by atoms with Gasteiger partial charge in [-0.1, -0.05) is 0 Å². The fraction of sp³-hybridized carbons (Fsp3) is 0.462. The molecule has 1 unspecified atom stereocenters. The van der Waals surface area contributed by atoms with Gasteiger partial charge in [0.05, 0.1) is 6.10 Å². The first-order valence-corrected chi connectivity index (χ1v) is 5.86. The number of carbonyl (C=O) groups is 1. The molecule has 1 fully saturated rings. The maximum Gasteiger partial charge on any atom is 0.251 e. The summed E-state index contributed by atoms with van der Waals surface area (Å²) in [4.78, 5) is 11.3. The molecular weight excluding hydrogens is 218 g/mol. The number of hydrogen-bond donors (Lipinski definition) is 1. The molecule has 0 saturated carbocycles. The van der Waals surface area contributed by atoms with Gasteiger partial charge in [-0.25, -0.2) is 0 Å². The molecule has 0 spiro atoms. The lowest BCUT2D eigenvalue weighted by atomic mass is 10.2. The number of rotatable bonds is 4. The number of nitrogens with one attached hydrogen (secondary N) is 1. The molecule has 92 valence electrons. The molecule has 1 aromatic rings. The Labute approximate surface area is 101 Å². The molecule has 1 amide bonds. The standard InChI is InChI=1S/C13H17NO3/c1-14-13(15)10-4-6-11(7-5-10)17-9-12-3-2-8-16-12/h4-7,12H,2-3,8-9H2,1H3,(H,14,15). The molecule has 4 nitrogen and oxygen atoms in total. The Morgan fingerprint density at radius 1 is 1.47 bits per heavy atom. The fourth-order valence-electron chi connectivity index (χ4n) is 1.81. The molecule has 0 radical (unpaired) electrons. The molecule has 17 heavy (non-hydrogen) atoms. The largest absolute Gasteiger partial charge is 0.491 e. The minimum Gasteiger partial charge on any atom is -0.491 e.